The molecule has 1 heterocycles. The summed E-state index contributed by atoms with van der Waals surface area (Å²) in [5.74, 6) is 1.21. The molecule has 1 aromatic heterocycles. The van der Waals surface area contributed by atoms with Gasteiger partial charge in [-0.2, -0.15) is 4.80 Å². The third-order valence-electron chi connectivity index (χ3n) is 2.67. The third kappa shape index (κ3) is 3.12. The van der Waals surface area contributed by atoms with Crippen LogP contribution in [0.2, 0.25) is 0 Å². The van der Waals surface area contributed by atoms with E-state index in [1.165, 1.54) is 10.4 Å². The summed E-state index contributed by atoms with van der Waals surface area (Å²) < 4.78 is 0. The molecule has 90 valence electrons. The zero-order valence-corrected chi connectivity index (χ0v) is 11.5. The maximum Gasteiger partial charge on any atom is 0.175 e. The van der Waals surface area contributed by atoms with Crippen molar-refractivity contribution in [3.63, 3.8) is 0 Å². The Balaban J connectivity index is 2.03. The van der Waals surface area contributed by atoms with Gasteiger partial charge in [-0.05, 0) is 16.7 Å². The molecule has 17 heavy (non-hydrogen) atoms. The maximum atomic E-state index is 4.20. The van der Waals surface area contributed by atoms with Gasteiger partial charge < -0.3 is 0 Å². The first kappa shape index (κ1) is 12.2. The average Bonchev–Trinajstić information content (AvgIpc) is 2.75. The predicted octanol–water partition coefficient (Wildman–Crippen LogP) is 2.52. The molecule has 0 aliphatic rings. The van der Waals surface area contributed by atoms with Crippen LogP contribution >= 0.6 is 15.9 Å². The Morgan fingerprint density at radius 3 is 2.59 bits per heavy atom. The van der Waals surface area contributed by atoms with E-state index >= 15 is 0 Å². The Hall–Kier alpha value is -1.23. The number of halogens is 1. The molecule has 5 heteroatoms. The molecule has 0 bridgehead atoms. The lowest BCUT2D eigenvalue weighted by Crippen LogP contribution is -2.08. The van der Waals surface area contributed by atoms with Gasteiger partial charge in [-0.15, -0.1) is 10.2 Å². The van der Waals surface area contributed by atoms with Gasteiger partial charge in [-0.25, -0.2) is 0 Å². The van der Waals surface area contributed by atoms with E-state index in [2.05, 4.69) is 62.5 Å². The SMILES string of the molecule is CC(Cc1nnn(C)n1)C(Br)c1ccccc1. The van der Waals surface area contributed by atoms with Gasteiger partial charge in [0.2, 0.25) is 0 Å². The Bertz CT molecular complexity index is 468. The number of rotatable bonds is 4. The zero-order chi connectivity index (χ0) is 12.3. The molecule has 0 saturated carbocycles. The molecule has 0 saturated heterocycles. The quantitative estimate of drug-likeness (QED) is 0.814. The summed E-state index contributed by atoms with van der Waals surface area (Å²) in [6.45, 7) is 2.18. The lowest BCUT2D eigenvalue weighted by atomic mass is 9.98. The third-order valence-corrected chi connectivity index (χ3v) is 4.10. The van der Waals surface area contributed by atoms with Crippen LogP contribution in [0.25, 0.3) is 0 Å². The number of tetrazole rings is 1. The van der Waals surface area contributed by atoms with Crippen molar-refractivity contribution in [1.82, 2.24) is 20.2 Å². The summed E-state index contributed by atoms with van der Waals surface area (Å²) in [6.07, 6.45) is 0.818. The van der Waals surface area contributed by atoms with Crippen molar-refractivity contribution < 1.29 is 0 Å². The van der Waals surface area contributed by atoms with Crippen LogP contribution in [0.3, 0.4) is 0 Å². The van der Waals surface area contributed by atoms with Gasteiger partial charge in [-0.3, -0.25) is 0 Å². The number of nitrogens with zero attached hydrogens (tertiary/aromatic N) is 4. The lowest BCUT2D eigenvalue weighted by Gasteiger charge is -2.16. The van der Waals surface area contributed by atoms with Crippen LogP contribution in [0.15, 0.2) is 30.3 Å². The van der Waals surface area contributed by atoms with Gasteiger partial charge in [0, 0.05) is 11.2 Å². The van der Waals surface area contributed by atoms with Crippen LogP contribution in [-0.4, -0.2) is 20.2 Å². The normalized spacial score (nSPS) is 14.5. The first-order valence-corrected chi connectivity index (χ1v) is 6.50. The average molecular weight is 295 g/mol. The molecule has 0 fully saturated rings. The van der Waals surface area contributed by atoms with E-state index in [-0.39, 0.29) is 0 Å². The number of hydrogen-bond acceptors (Lipinski definition) is 3. The van der Waals surface area contributed by atoms with Crippen molar-refractivity contribution in [2.75, 3.05) is 0 Å². The molecular weight excluding hydrogens is 280 g/mol. The molecule has 0 aliphatic heterocycles. The molecule has 2 atom stereocenters. The summed E-state index contributed by atoms with van der Waals surface area (Å²) in [7, 11) is 1.78. The van der Waals surface area contributed by atoms with E-state index in [1.807, 2.05) is 6.07 Å². The first-order valence-electron chi connectivity index (χ1n) is 5.58. The summed E-state index contributed by atoms with van der Waals surface area (Å²) in [5, 5.41) is 12.1. The monoisotopic (exact) mass is 294 g/mol. The van der Waals surface area contributed by atoms with Crippen LogP contribution in [0, 0.1) is 5.92 Å². The second-order valence-electron chi connectivity index (χ2n) is 4.19. The van der Waals surface area contributed by atoms with Crippen molar-refractivity contribution in [3.05, 3.63) is 41.7 Å². The van der Waals surface area contributed by atoms with Crippen molar-refractivity contribution in [1.29, 1.82) is 0 Å². The van der Waals surface area contributed by atoms with Crippen LogP contribution in [0.5, 0.6) is 0 Å². The number of benzene rings is 1. The fraction of sp³-hybridized carbons (Fsp3) is 0.417. The van der Waals surface area contributed by atoms with Gasteiger partial charge in [0.25, 0.3) is 0 Å². The van der Waals surface area contributed by atoms with E-state index in [1.54, 1.807) is 7.05 Å². The van der Waals surface area contributed by atoms with Gasteiger partial charge in [-0.1, -0.05) is 53.2 Å². The smallest absolute Gasteiger partial charge is 0.167 e. The summed E-state index contributed by atoms with van der Waals surface area (Å²) in [4.78, 5) is 1.81. The van der Waals surface area contributed by atoms with Gasteiger partial charge in [0.15, 0.2) is 5.82 Å². The van der Waals surface area contributed by atoms with Gasteiger partial charge in [0.1, 0.15) is 0 Å². The molecule has 0 spiro atoms. The topological polar surface area (TPSA) is 43.6 Å². The minimum absolute atomic E-state index is 0.313. The van der Waals surface area contributed by atoms with Gasteiger partial charge in [0.05, 0.1) is 7.05 Å². The van der Waals surface area contributed by atoms with E-state index in [0.29, 0.717) is 10.7 Å². The highest BCUT2D eigenvalue weighted by Crippen LogP contribution is 2.32. The van der Waals surface area contributed by atoms with Crippen LogP contribution in [-0.2, 0) is 13.5 Å². The Morgan fingerprint density at radius 2 is 2.00 bits per heavy atom. The fourth-order valence-corrected chi connectivity index (χ4v) is 2.25. The molecule has 2 aromatic rings. The molecule has 4 nitrogen and oxygen atoms in total. The van der Waals surface area contributed by atoms with E-state index in [4.69, 9.17) is 0 Å². The summed E-state index contributed by atoms with van der Waals surface area (Å²) in [5.41, 5.74) is 1.28. The Morgan fingerprint density at radius 1 is 1.29 bits per heavy atom. The Labute approximate surface area is 109 Å². The van der Waals surface area contributed by atoms with Crippen LogP contribution in [0.1, 0.15) is 23.1 Å². The number of alkyl halides is 1. The van der Waals surface area contributed by atoms with E-state index < -0.39 is 0 Å². The minimum atomic E-state index is 0.313. The highest BCUT2D eigenvalue weighted by Gasteiger charge is 2.18. The highest BCUT2D eigenvalue weighted by atomic mass is 79.9. The second kappa shape index (κ2) is 5.40. The van der Waals surface area contributed by atoms with Crippen molar-refractivity contribution in [2.45, 2.75) is 18.2 Å². The van der Waals surface area contributed by atoms with Gasteiger partial charge >= 0.3 is 0 Å². The zero-order valence-electron chi connectivity index (χ0n) is 9.92. The lowest BCUT2D eigenvalue weighted by molar-refractivity contribution is 0.550. The molecule has 0 amide bonds. The molecule has 0 radical (unpaired) electrons. The minimum Gasteiger partial charge on any atom is -0.167 e. The van der Waals surface area contributed by atoms with Crippen molar-refractivity contribution >= 4 is 15.9 Å². The maximum absolute atomic E-state index is 4.20. The number of hydrogen-bond donors (Lipinski definition) is 0. The number of aromatic nitrogens is 4. The standard InChI is InChI=1S/C12H15BrN4/c1-9(8-11-14-16-17(2)15-11)12(13)10-6-4-3-5-7-10/h3-7,9,12H,8H2,1-2H3. The molecular formula is C12H15BrN4. The fourth-order valence-electron chi connectivity index (χ4n) is 1.76. The second-order valence-corrected chi connectivity index (χ2v) is 5.18. The Kier molecular flexibility index (Phi) is 3.89. The predicted molar refractivity (Wildman–Crippen MR) is 69.8 cm³/mol. The van der Waals surface area contributed by atoms with Crippen molar-refractivity contribution in [3.8, 4) is 0 Å². The highest BCUT2D eigenvalue weighted by molar-refractivity contribution is 9.09. The molecule has 0 N–H and O–H groups in total. The molecule has 2 unspecified atom stereocenters. The van der Waals surface area contributed by atoms with Crippen LogP contribution < -0.4 is 0 Å². The van der Waals surface area contributed by atoms with E-state index in [0.717, 1.165) is 12.2 Å². The molecule has 2 rings (SSSR count). The summed E-state index contributed by atoms with van der Waals surface area (Å²) in [6, 6.07) is 10.4. The first-order chi connectivity index (χ1) is 8.16. The van der Waals surface area contributed by atoms with Crippen molar-refractivity contribution in [2.24, 2.45) is 13.0 Å². The van der Waals surface area contributed by atoms with Crippen LogP contribution in [0.4, 0.5) is 0 Å². The number of aryl methyl sites for hydroxylation is 1. The molecule has 0 aliphatic carbocycles. The summed E-state index contributed by atoms with van der Waals surface area (Å²) >= 11 is 3.73. The van der Waals surface area contributed by atoms with E-state index in [9.17, 15) is 0 Å². The largest absolute Gasteiger partial charge is 0.175 e. The molecule has 1 aromatic carbocycles.